The maximum atomic E-state index is 4.52. The Balaban J connectivity index is 2.05. The molecule has 0 atom stereocenters. The average molecular weight is 225 g/mol. The van der Waals surface area contributed by atoms with Gasteiger partial charge in [0.15, 0.2) is 0 Å². The Hall–Kier alpha value is -2.43. The Kier molecular flexibility index (Phi) is 2.22. The Morgan fingerprint density at radius 2 is 2.06 bits per heavy atom. The first-order chi connectivity index (χ1) is 8.33. The monoisotopic (exact) mass is 225 g/mol. The van der Waals surface area contributed by atoms with E-state index in [0.717, 1.165) is 11.6 Å². The van der Waals surface area contributed by atoms with Crippen LogP contribution in [-0.2, 0) is 7.05 Å². The first-order valence-corrected chi connectivity index (χ1v) is 5.27. The Labute approximate surface area is 98.6 Å². The van der Waals surface area contributed by atoms with Crippen molar-refractivity contribution in [3.8, 4) is 11.6 Å². The van der Waals surface area contributed by atoms with Crippen molar-refractivity contribution >= 4 is 0 Å². The second-order valence-corrected chi connectivity index (χ2v) is 3.68. The molecule has 0 N–H and O–H groups in total. The molecule has 0 fully saturated rings. The second-order valence-electron chi connectivity index (χ2n) is 3.68. The highest BCUT2D eigenvalue weighted by molar-refractivity contribution is 5.30. The standard InChI is InChI=1S/C12H11N5/c1-15-8-9-16(10-15)11-4-2-5-12(14-11)17-7-3-6-13-17/h2-9H,1H3. The maximum absolute atomic E-state index is 4.52. The van der Waals surface area contributed by atoms with Crippen molar-refractivity contribution in [2.24, 2.45) is 7.05 Å². The molecule has 3 heterocycles. The summed E-state index contributed by atoms with van der Waals surface area (Å²) in [6, 6.07) is 7.67. The van der Waals surface area contributed by atoms with Gasteiger partial charge in [0.05, 0.1) is 7.05 Å². The van der Waals surface area contributed by atoms with E-state index in [9.17, 15) is 0 Å². The summed E-state index contributed by atoms with van der Waals surface area (Å²) in [7, 11) is 1.92. The molecule has 0 aliphatic carbocycles. The number of aryl methyl sites for hydroxylation is 1. The van der Waals surface area contributed by atoms with Gasteiger partial charge in [-0.15, -0.1) is 0 Å². The van der Waals surface area contributed by atoms with E-state index in [-0.39, 0.29) is 0 Å². The molecule has 0 bridgehead atoms. The summed E-state index contributed by atoms with van der Waals surface area (Å²) >= 11 is 0. The normalized spacial score (nSPS) is 10.6. The van der Waals surface area contributed by atoms with Gasteiger partial charge in [0.1, 0.15) is 11.6 Å². The van der Waals surface area contributed by atoms with Gasteiger partial charge >= 0.3 is 0 Å². The van der Waals surface area contributed by atoms with Crippen LogP contribution in [-0.4, -0.2) is 19.3 Å². The van der Waals surface area contributed by atoms with Gasteiger partial charge in [-0.1, -0.05) is 6.07 Å². The minimum Gasteiger partial charge on any atom is -0.323 e. The predicted octanol–water partition coefficient (Wildman–Crippen LogP) is 0.683. The number of hydrogen-bond acceptors (Lipinski definition) is 2. The van der Waals surface area contributed by atoms with Crippen molar-refractivity contribution in [2.75, 3.05) is 0 Å². The molecule has 0 saturated heterocycles. The molecular formula is C12H11N5. The highest BCUT2D eigenvalue weighted by atomic mass is 15.3. The highest BCUT2D eigenvalue weighted by Gasteiger charge is 2.01. The Bertz CT molecular complexity index is 624. The molecule has 3 aromatic rings. The van der Waals surface area contributed by atoms with E-state index >= 15 is 0 Å². The van der Waals surface area contributed by atoms with Crippen LogP contribution < -0.4 is 4.57 Å². The fourth-order valence-corrected chi connectivity index (χ4v) is 1.61. The van der Waals surface area contributed by atoms with Gasteiger partial charge < -0.3 is 9.13 Å². The lowest BCUT2D eigenvalue weighted by Crippen LogP contribution is -2.24. The van der Waals surface area contributed by atoms with Crippen LogP contribution >= 0.6 is 0 Å². The fourth-order valence-electron chi connectivity index (χ4n) is 1.61. The van der Waals surface area contributed by atoms with E-state index in [2.05, 4.69) is 16.4 Å². The molecule has 0 saturated carbocycles. The van der Waals surface area contributed by atoms with Crippen LogP contribution in [0.3, 0.4) is 0 Å². The summed E-state index contributed by atoms with van der Waals surface area (Å²) in [5.74, 6) is 1.61. The second kappa shape index (κ2) is 3.86. The smallest absolute Gasteiger partial charge is 0.244 e. The van der Waals surface area contributed by atoms with Crippen molar-refractivity contribution in [1.29, 1.82) is 0 Å². The van der Waals surface area contributed by atoms with Crippen molar-refractivity contribution in [3.05, 3.63) is 55.4 Å². The molecule has 0 unspecified atom stereocenters. The summed E-state index contributed by atoms with van der Waals surface area (Å²) in [6.07, 6.45) is 10.5. The molecule has 0 spiro atoms. The molecule has 0 aliphatic heterocycles. The molecule has 17 heavy (non-hydrogen) atoms. The van der Waals surface area contributed by atoms with E-state index in [0.29, 0.717) is 0 Å². The molecule has 0 aromatic carbocycles. The molecule has 0 radical (unpaired) electrons. The third kappa shape index (κ3) is 1.82. The van der Waals surface area contributed by atoms with Crippen LogP contribution in [0, 0.1) is 6.33 Å². The average Bonchev–Trinajstić information content (AvgIpc) is 3.00. The topological polar surface area (TPSA) is 39.5 Å². The summed E-state index contributed by atoms with van der Waals surface area (Å²) in [6.45, 7) is 0. The molecule has 3 rings (SSSR count). The first kappa shape index (κ1) is 9.77. The molecule has 0 aliphatic rings. The maximum Gasteiger partial charge on any atom is 0.244 e. The molecule has 84 valence electrons. The zero-order chi connectivity index (χ0) is 11.7. The first-order valence-electron chi connectivity index (χ1n) is 5.27. The third-order valence-electron chi connectivity index (χ3n) is 2.41. The van der Waals surface area contributed by atoms with Crippen molar-refractivity contribution in [1.82, 2.24) is 19.3 Å². The van der Waals surface area contributed by atoms with Crippen LogP contribution in [0.25, 0.3) is 11.6 Å². The molecule has 5 nitrogen and oxygen atoms in total. The van der Waals surface area contributed by atoms with Crippen LogP contribution in [0.1, 0.15) is 0 Å². The third-order valence-corrected chi connectivity index (χ3v) is 2.41. The predicted molar refractivity (Wildman–Crippen MR) is 60.7 cm³/mol. The highest BCUT2D eigenvalue weighted by Crippen LogP contribution is 2.07. The summed E-state index contributed by atoms with van der Waals surface area (Å²) in [5, 5.41) is 4.16. The Morgan fingerprint density at radius 1 is 1.18 bits per heavy atom. The van der Waals surface area contributed by atoms with Gasteiger partial charge in [0.25, 0.3) is 0 Å². The van der Waals surface area contributed by atoms with Gasteiger partial charge in [-0.3, -0.25) is 0 Å². The zero-order valence-corrected chi connectivity index (χ0v) is 9.35. The molecule has 5 heteroatoms. The summed E-state index contributed by atoms with van der Waals surface area (Å²) in [5.41, 5.74) is 0. The van der Waals surface area contributed by atoms with Crippen molar-refractivity contribution in [3.63, 3.8) is 0 Å². The van der Waals surface area contributed by atoms with E-state index < -0.39 is 0 Å². The van der Waals surface area contributed by atoms with Crippen LogP contribution in [0.4, 0.5) is 0 Å². The molecular weight excluding hydrogens is 214 g/mol. The molecule has 0 amide bonds. The van der Waals surface area contributed by atoms with Gasteiger partial charge in [-0.2, -0.15) is 5.10 Å². The minimum atomic E-state index is 0.789. The van der Waals surface area contributed by atoms with Crippen LogP contribution in [0.15, 0.2) is 49.1 Å². The number of aromatic nitrogens is 5. The quantitative estimate of drug-likeness (QED) is 0.475. The fraction of sp³-hybridized carbons (Fsp3) is 0.0833. The summed E-state index contributed by atoms with van der Waals surface area (Å²) < 4.78 is 5.42. The molecule has 3 aromatic heterocycles. The zero-order valence-electron chi connectivity index (χ0n) is 9.35. The Morgan fingerprint density at radius 3 is 2.76 bits per heavy atom. The van der Waals surface area contributed by atoms with E-state index in [1.54, 1.807) is 10.9 Å². The number of rotatable bonds is 2. The van der Waals surface area contributed by atoms with Crippen LogP contribution in [0.2, 0.25) is 0 Å². The van der Waals surface area contributed by atoms with E-state index in [1.165, 1.54) is 0 Å². The van der Waals surface area contributed by atoms with Gasteiger partial charge in [-0.05, 0) is 18.2 Å². The van der Waals surface area contributed by atoms with Gasteiger partial charge in [0, 0.05) is 24.8 Å². The van der Waals surface area contributed by atoms with E-state index in [1.807, 2.05) is 59.0 Å². The van der Waals surface area contributed by atoms with E-state index in [4.69, 9.17) is 0 Å². The van der Waals surface area contributed by atoms with Gasteiger partial charge in [-0.25, -0.2) is 9.67 Å². The van der Waals surface area contributed by atoms with Crippen LogP contribution in [0.5, 0.6) is 0 Å². The number of pyridine rings is 1. The SMILES string of the molecule is C[n+]1[c-]n(-c2cccc(-n3cccn3)n2)cc1. The summed E-state index contributed by atoms with van der Waals surface area (Å²) in [4.78, 5) is 4.52. The van der Waals surface area contributed by atoms with Crippen molar-refractivity contribution in [2.45, 2.75) is 0 Å². The van der Waals surface area contributed by atoms with Gasteiger partial charge in [0.2, 0.25) is 6.33 Å². The lowest BCUT2D eigenvalue weighted by atomic mass is 10.4. The number of nitrogens with zero attached hydrogens (tertiary/aromatic N) is 5. The van der Waals surface area contributed by atoms with Crippen molar-refractivity contribution < 1.29 is 4.57 Å². The number of hydrogen-bond donors (Lipinski definition) is 0. The largest absolute Gasteiger partial charge is 0.323 e. The number of imidazole rings is 1. The minimum absolute atomic E-state index is 0.789. The lowest BCUT2D eigenvalue weighted by molar-refractivity contribution is -0.674. The lowest BCUT2D eigenvalue weighted by Gasteiger charge is -2.05.